The average molecular weight is 549 g/mol. The summed E-state index contributed by atoms with van der Waals surface area (Å²) in [6, 6.07) is 27.6. The van der Waals surface area contributed by atoms with E-state index in [4.69, 9.17) is 37.8 Å². The third kappa shape index (κ3) is 10.6. The maximum Gasteiger partial charge on any atom is 0.300 e. The summed E-state index contributed by atoms with van der Waals surface area (Å²) in [4.78, 5) is 24.9. The monoisotopic (exact) mass is 547 g/mol. The summed E-state index contributed by atoms with van der Waals surface area (Å²) in [5, 5.41) is 8.91. The first kappa shape index (κ1) is 29.7. The van der Waals surface area contributed by atoms with Crippen LogP contribution in [0.25, 0.3) is 0 Å². The van der Waals surface area contributed by atoms with Crippen LogP contribution in [0.3, 0.4) is 0 Å². The summed E-state index contributed by atoms with van der Waals surface area (Å²) in [6.45, 7) is 3.91. The number of carbonyl (C=O) groups is 2. The van der Waals surface area contributed by atoms with Gasteiger partial charge < -0.3 is 14.7 Å². The molecule has 8 heteroatoms. The lowest BCUT2D eigenvalue weighted by Gasteiger charge is -2.41. The number of hydrogen-bond acceptors (Lipinski definition) is 4. The van der Waals surface area contributed by atoms with E-state index in [9.17, 15) is 4.79 Å². The minimum atomic E-state index is -0.833. The Bertz CT molecular complexity index is 1050. The first-order valence-electron chi connectivity index (χ1n) is 11.5. The van der Waals surface area contributed by atoms with Crippen molar-refractivity contribution in [3.63, 3.8) is 0 Å². The maximum absolute atomic E-state index is 12.6. The van der Waals surface area contributed by atoms with Crippen molar-refractivity contribution in [1.82, 2.24) is 4.90 Å². The number of morpholine rings is 1. The largest absolute Gasteiger partial charge is 0.481 e. The van der Waals surface area contributed by atoms with E-state index >= 15 is 0 Å². The van der Waals surface area contributed by atoms with Crippen molar-refractivity contribution in [3.05, 3.63) is 101 Å². The second kappa shape index (κ2) is 16.3. The number of rotatable bonds is 6. The van der Waals surface area contributed by atoms with E-state index in [1.165, 1.54) is 4.90 Å². The number of nitrogens with zero attached hydrogens (tertiary/aromatic N) is 1. The standard InChI is InChI=1S/C20H22ClNO2S.C6H5Cl.C2H4O2/c1-2-17(14-25-18-6-4-3-5-7-18)22-19(12-24-13-20(22)23)15-8-10-16(21)11-9-15;7-6-4-2-1-3-5-6;1-2(3)4/h3-11,17,19H,2,12-14H2,1H3;1-5H;1H3,(H,3,4)/t17-,19-;;/m0../s1. The van der Waals surface area contributed by atoms with Gasteiger partial charge in [0.2, 0.25) is 5.91 Å². The van der Waals surface area contributed by atoms with Gasteiger partial charge in [0.05, 0.1) is 12.6 Å². The minimum Gasteiger partial charge on any atom is -0.481 e. The van der Waals surface area contributed by atoms with Crippen LogP contribution in [0.2, 0.25) is 10.0 Å². The molecule has 0 spiro atoms. The molecule has 1 aliphatic heterocycles. The van der Waals surface area contributed by atoms with Crippen LogP contribution in [0.4, 0.5) is 0 Å². The van der Waals surface area contributed by atoms with E-state index in [0.717, 1.165) is 29.7 Å². The van der Waals surface area contributed by atoms with Crippen LogP contribution in [0.15, 0.2) is 89.8 Å². The smallest absolute Gasteiger partial charge is 0.300 e. The second-order valence-corrected chi connectivity index (χ2v) is 9.85. The molecular formula is C28H31Cl2NO4S. The number of carboxylic acids is 1. The number of carboxylic acid groups (broad SMARTS) is 1. The lowest BCUT2D eigenvalue weighted by molar-refractivity contribution is -0.151. The zero-order valence-electron chi connectivity index (χ0n) is 20.3. The zero-order valence-corrected chi connectivity index (χ0v) is 22.7. The highest BCUT2D eigenvalue weighted by atomic mass is 35.5. The SMILES string of the molecule is CC(=O)O.CC[C@@H](CSc1ccccc1)N1C(=O)COC[C@H]1c1ccc(Cl)cc1.Clc1ccccc1. The Morgan fingerprint density at radius 3 is 2.03 bits per heavy atom. The van der Waals surface area contributed by atoms with E-state index in [1.807, 2.05) is 77.7 Å². The van der Waals surface area contributed by atoms with Gasteiger partial charge in [0, 0.05) is 33.7 Å². The molecule has 1 saturated heterocycles. The summed E-state index contributed by atoms with van der Waals surface area (Å²) >= 11 is 13.3. The number of aliphatic carboxylic acids is 1. The Hall–Kier alpha value is -2.51. The van der Waals surface area contributed by atoms with Crippen molar-refractivity contribution in [1.29, 1.82) is 0 Å². The quantitative estimate of drug-likeness (QED) is 0.329. The van der Waals surface area contributed by atoms with Crippen LogP contribution < -0.4 is 0 Å². The molecule has 1 heterocycles. The lowest BCUT2D eigenvalue weighted by atomic mass is 10.0. The van der Waals surface area contributed by atoms with Gasteiger partial charge in [-0.3, -0.25) is 9.59 Å². The average Bonchev–Trinajstić information content (AvgIpc) is 2.87. The van der Waals surface area contributed by atoms with Gasteiger partial charge in [-0.1, -0.05) is 78.7 Å². The van der Waals surface area contributed by atoms with Gasteiger partial charge in [0.1, 0.15) is 6.61 Å². The summed E-state index contributed by atoms with van der Waals surface area (Å²) in [5.74, 6) is 0.0998. The molecule has 1 aliphatic rings. The van der Waals surface area contributed by atoms with Gasteiger partial charge in [-0.05, 0) is 48.4 Å². The van der Waals surface area contributed by atoms with Crippen LogP contribution in [0, 0.1) is 0 Å². The molecule has 0 saturated carbocycles. The summed E-state index contributed by atoms with van der Waals surface area (Å²) in [6.07, 6.45) is 0.912. The van der Waals surface area contributed by atoms with Gasteiger partial charge in [-0.25, -0.2) is 0 Å². The van der Waals surface area contributed by atoms with Gasteiger partial charge in [0.25, 0.3) is 5.97 Å². The van der Waals surface area contributed by atoms with E-state index in [-0.39, 0.29) is 24.6 Å². The molecule has 36 heavy (non-hydrogen) atoms. The predicted molar refractivity (Wildman–Crippen MR) is 148 cm³/mol. The molecule has 1 fully saturated rings. The molecule has 3 aromatic rings. The van der Waals surface area contributed by atoms with E-state index < -0.39 is 5.97 Å². The highest BCUT2D eigenvalue weighted by molar-refractivity contribution is 7.99. The fourth-order valence-electron chi connectivity index (χ4n) is 3.51. The van der Waals surface area contributed by atoms with Crippen LogP contribution >= 0.6 is 35.0 Å². The lowest BCUT2D eigenvalue weighted by Crippen LogP contribution is -2.50. The van der Waals surface area contributed by atoms with E-state index in [2.05, 4.69) is 19.1 Å². The Morgan fingerprint density at radius 1 is 1.00 bits per heavy atom. The highest BCUT2D eigenvalue weighted by Gasteiger charge is 2.34. The first-order chi connectivity index (χ1) is 17.3. The molecule has 192 valence electrons. The number of benzene rings is 3. The normalized spacial score (nSPS) is 15.6. The fourth-order valence-corrected chi connectivity index (χ4v) is 4.91. The molecule has 0 radical (unpaired) electrons. The number of ether oxygens (including phenoxy) is 1. The van der Waals surface area contributed by atoms with Crippen LogP contribution in [0.1, 0.15) is 31.9 Å². The first-order valence-corrected chi connectivity index (χ1v) is 13.3. The molecular weight excluding hydrogens is 517 g/mol. The number of carbonyl (C=O) groups excluding carboxylic acids is 1. The Morgan fingerprint density at radius 2 is 1.53 bits per heavy atom. The molecule has 0 bridgehead atoms. The van der Waals surface area contributed by atoms with Gasteiger partial charge >= 0.3 is 0 Å². The maximum atomic E-state index is 12.6. The van der Waals surface area contributed by atoms with Crippen molar-refractivity contribution in [2.45, 2.75) is 37.2 Å². The van der Waals surface area contributed by atoms with Crippen LogP contribution in [-0.2, 0) is 14.3 Å². The molecule has 3 aromatic carbocycles. The Kier molecular flexibility index (Phi) is 13.4. The minimum absolute atomic E-state index is 0.0557. The predicted octanol–water partition coefficient (Wildman–Crippen LogP) is 7.24. The molecule has 2 atom stereocenters. The molecule has 0 unspecified atom stereocenters. The molecule has 0 aliphatic carbocycles. The third-order valence-electron chi connectivity index (χ3n) is 5.16. The summed E-state index contributed by atoms with van der Waals surface area (Å²) in [5.41, 5.74) is 1.07. The van der Waals surface area contributed by atoms with Gasteiger partial charge in [-0.15, -0.1) is 11.8 Å². The number of thioether (sulfide) groups is 1. The van der Waals surface area contributed by atoms with Crippen LogP contribution in [0.5, 0.6) is 0 Å². The number of amides is 1. The van der Waals surface area contributed by atoms with Crippen molar-refractivity contribution in [3.8, 4) is 0 Å². The van der Waals surface area contributed by atoms with E-state index in [0.29, 0.717) is 11.6 Å². The highest BCUT2D eigenvalue weighted by Crippen LogP contribution is 2.31. The summed E-state index contributed by atoms with van der Waals surface area (Å²) < 4.78 is 5.54. The molecule has 0 aromatic heterocycles. The number of halogens is 2. The van der Waals surface area contributed by atoms with Crippen molar-refractivity contribution in [2.75, 3.05) is 19.0 Å². The molecule has 1 N–H and O–H groups in total. The van der Waals surface area contributed by atoms with Crippen molar-refractivity contribution >= 4 is 46.8 Å². The van der Waals surface area contributed by atoms with Crippen LogP contribution in [-0.4, -0.2) is 46.9 Å². The van der Waals surface area contributed by atoms with E-state index in [1.54, 1.807) is 11.8 Å². The molecule has 1 amide bonds. The summed E-state index contributed by atoms with van der Waals surface area (Å²) in [7, 11) is 0. The molecule has 5 nitrogen and oxygen atoms in total. The number of hydrogen-bond donors (Lipinski definition) is 1. The topological polar surface area (TPSA) is 66.8 Å². The fraction of sp³-hybridized carbons (Fsp3) is 0.286. The second-order valence-electron chi connectivity index (χ2n) is 7.88. The van der Waals surface area contributed by atoms with Gasteiger partial charge in [0.15, 0.2) is 0 Å². The van der Waals surface area contributed by atoms with Gasteiger partial charge in [-0.2, -0.15) is 0 Å². The Balaban J connectivity index is 0.000000344. The zero-order chi connectivity index (χ0) is 26.3. The van der Waals surface area contributed by atoms with Crippen molar-refractivity contribution in [2.24, 2.45) is 0 Å². The third-order valence-corrected chi connectivity index (χ3v) is 6.82. The Labute approximate surface area is 227 Å². The molecule has 4 rings (SSSR count). The van der Waals surface area contributed by atoms with Crippen molar-refractivity contribution < 1.29 is 19.4 Å².